The normalized spacial score (nSPS) is 23.0. The minimum atomic E-state index is -0.428. The van der Waals surface area contributed by atoms with Crippen LogP contribution in [0.4, 0.5) is 0 Å². The van der Waals surface area contributed by atoms with Crippen LogP contribution in [0.5, 0.6) is 5.75 Å². The summed E-state index contributed by atoms with van der Waals surface area (Å²) in [6, 6.07) is 8.21. The van der Waals surface area contributed by atoms with Gasteiger partial charge in [-0.15, -0.1) is 0 Å². The molecule has 3 unspecified atom stereocenters. The molecule has 1 aromatic rings. The van der Waals surface area contributed by atoms with Crippen LogP contribution >= 0.6 is 0 Å². The van der Waals surface area contributed by atoms with E-state index in [-0.39, 0.29) is 0 Å². The highest BCUT2D eigenvalue weighted by molar-refractivity contribution is 5.28. The van der Waals surface area contributed by atoms with Crippen molar-refractivity contribution in [3.05, 3.63) is 29.8 Å². The van der Waals surface area contributed by atoms with Crippen LogP contribution in [0.2, 0.25) is 0 Å². The van der Waals surface area contributed by atoms with E-state index >= 15 is 0 Å². The molecule has 25 heavy (non-hydrogen) atoms. The molecule has 0 spiro atoms. The molecule has 142 valence electrons. The van der Waals surface area contributed by atoms with Crippen LogP contribution in [0.1, 0.15) is 45.6 Å². The maximum absolute atomic E-state index is 10.2. The maximum atomic E-state index is 10.2. The summed E-state index contributed by atoms with van der Waals surface area (Å²) >= 11 is 0. The topological polar surface area (TPSA) is 41.9 Å². The van der Waals surface area contributed by atoms with E-state index in [1.165, 1.54) is 12.0 Å². The van der Waals surface area contributed by atoms with E-state index in [4.69, 9.17) is 9.47 Å². The molecule has 0 aromatic heterocycles. The molecule has 0 radical (unpaired) electrons. The molecule has 0 aliphatic carbocycles. The number of rotatable bonds is 9. The summed E-state index contributed by atoms with van der Waals surface area (Å²) in [4.78, 5) is 2.36. The van der Waals surface area contributed by atoms with Gasteiger partial charge in [-0.05, 0) is 41.9 Å². The zero-order valence-corrected chi connectivity index (χ0v) is 16.3. The van der Waals surface area contributed by atoms with Gasteiger partial charge in [-0.2, -0.15) is 0 Å². The number of β-amino-alcohol motifs (C(OH)–C–C–N with tert-alkyl or cyclic N) is 1. The second-order valence-electron chi connectivity index (χ2n) is 7.97. The Morgan fingerprint density at radius 2 is 1.72 bits per heavy atom. The average Bonchev–Trinajstić information content (AvgIpc) is 2.54. The first kappa shape index (κ1) is 20.2. The number of aliphatic hydroxyl groups is 1. The molecule has 1 saturated heterocycles. The SMILES string of the molecule is CC1CC(C)CN(CC(O)COCCOc2ccc(C(C)C)cc2)C1. The first-order chi connectivity index (χ1) is 11.9. The van der Waals surface area contributed by atoms with Crippen molar-refractivity contribution in [2.24, 2.45) is 11.8 Å². The predicted molar refractivity (Wildman–Crippen MR) is 102 cm³/mol. The van der Waals surface area contributed by atoms with E-state index < -0.39 is 6.10 Å². The Balaban J connectivity index is 1.57. The van der Waals surface area contributed by atoms with Crippen molar-refractivity contribution in [1.82, 2.24) is 4.90 Å². The second-order valence-corrected chi connectivity index (χ2v) is 7.97. The molecule has 1 N–H and O–H groups in total. The number of hydrogen-bond donors (Lipinski definition) is 1. The molecular formula is C21H35NO3. The van der Waals surface area contributed by atoms with E-state index in [9.17, 15) is 5.11 Å². The lowest BCUT2D eigenvalue weighted by Crippen LogP contribution is -2.43. The summed E-state index contributed by atoms with van der Waals surface area (Å²) in [5, 5.41) is 10.2. The third-order valence-corrected chi connectivity index (χ3v) is 4.77. The van der Waals surface area contributed by atoms with Gasteiger partial charge in [-0.3, -0.25) is 0 Å². The van der Waals surface area contributed by atoms with Crippen molar-refractivity contribution in [3.8, 4) is 5.75 Å². The Morgan fingerprint density at radius 1 is 1.08 bits per heavy atom. The number of hydrogen-bond acceptors (Lipinski definition) is 4. The van der Waals surface area contributed by atoms with Crippen LogP contribution in [-0.2, 0) is 4.74 Å². The van der Waals surface area contributed by atoms with Gasteiger partial charge in [0.05, 0.1) is 19.3 Å². The van der Waals surface area contributed by atoms with E-state index in [0.29, 0.717) is 44.1 Å². The van der Waals surface area contributed by atoms with Gasteiger partial charge in [-0.25, -0.2) is 0 Å². The first-order valence-electron chi connectivity index (χ1n) is 9.65. The second kappa shape index (κ2) is 10.1. The summed E-state index contributed by atoms with van der Waals surface area (Å²) in [6.45, 7) is 13.2. The van der Waals surface area contributed by atoms with Crippen molar-refractivity contribution in [2.45, 2.75) is 46.1 Å². The Bertz CT molecular complexity index is 478. The van der Waals surface area contributed by atoms with Crippen LogP contribution in [0.3, 0.4) is 0 Å². The number of piperidine rings is 1. The number of aliphatic hydroxyl groups excluding tert-OH is 1. The van der Waals surface area contributed by atoms with Crippen molar-refractivity contribution in [3.63, 3.8) is 0 Å². The van der Waals surface area contributed by atoms with Gasteiger partial charge >= 0.3 is 0 Å². The smallest absolute Gasteiger partial charge is 0.119 e. The summed E-state index contributed by atoms with van der Waals surface area (Å²) in [5.41, 5.74) is 1.31. The third-order valence-electron chi connectivity index (χ3n) is 4.77. The summed E-state index contributed by atoms with van der Waals surface area (Å²) in [5.74, 6) is 2.83. The van der Waals surface area contributed by atoms with Crippen LogP contribution < -0.4 is 4.74 Å². The fraction of sp³-hybridized carbons (Fsp3) is 0.714. The van der Waals surface area contributed by atoms with Crippen LogP contribution in [0, 0.1) is 11.8 Å². The molecule has 2 rings (SSSR count). The maximum Gasteiger partial charge on any atom is 0.119 e. The molecular weight excluding hydrogens is 314 g/mol. The number of ether oxygens (including phenoxy) is 2. The fourth-order valence-electron chi connectivity index (χ4n) is 3.68. The lowest BCUT2D eigenvalue weighted by molar-refractivity contribution is -0.00211. The zero-order valence-electron chi connectivity index (χ0n) is 16.3. The molecule has 1 heterocycles. The molecule has 0 amide bonds. The summed E-state index contributed by atoms with van der Waals surface area (Å²) in [7, 11) is 0. The van der Waals surface area contributed by atoms with Gasteiger partial charge in [0.2, 0.25) is 0 Å². The quantitative estimate of drug-likeness (QED) is 0.693. The number of benzene rings is 1. The molecule has 1 aliphatic heterocycles. The van der Waals surface area contributed by atoms with Crippen LogP contribution in [0.25, 0.3) is 0 Å². The average molecular weight is 350 g/mol. The van der Waals surface area contributed by atoms with Gasteiger partial charge in [0.15, 0.2) is 0 Å². The lowest BCUT2D eigenvalue weighted by atomic mass is 9.92. The van der Waals surface area contributed by atoms with E-state index in [1.54, 1.807) is 0 Å². The lowest BCUT2D eigenvalue weighted by Gasteiger charge is -2.35. The zero-order chi connectivity index (χ0) is 18.2. The Labute approximate surface area is 153 Å². The highest BCUT2D eigenvalue weighted by Crippen LogP contribution is 2.21. The monoisotopic (exact) mass is 349 g/mol. The summed E-state index contributed by atoms with van der Waals surface area (Å²) in [6.07, 6.45) is 0.862. The van der Waals surface area contributed by atoms with Crippen molar-refractivity contribution >= 4 is 0 Å². The Morgan fingerprint density at radius 3 is 2.32 bits per heavy atom. The molecule has 1 aliphatic rings. The molecule has 3 atom stereocenters. The first-order valence-corrected chi connectivity index (χ1v) is 9.65. The third kappa shape index (κ3) is 7.35. The van der Waals surface area contributed by atoms with Crippen molar-refractivity contribution in [1.29, 1.82) is 0 Å². The van der Waals surface area contributed by atoms with Gasteiger partial charge in [-0.1, -0.05) is 39.8 Å². The van der Waals surface area contributed by atoms with E-state index in [2.05, 4.69) is 44.7 Å². The Hall–Kier alpha value is -1.10. The predicted octanol–water partition coefficient (Wildman–Crippen LogP) is 3.54. The highest BCUT2D eigenvalue weighted by Gasteiger charge is 2.23. The molecule has 4 nitrogen and oxygen atoms in total. The van der Waals surface area contributed by atoms with Crippen molar-refractivity contribution in [2.75, 3.05) is 39.5 Å². The van der Waals surface area contributed by atoms with Gasteiger partial charge in [0.25, 0.3) is 0 Å². The number of likely N-dealkylation sites (tertiary alicyclic amines) is 1. The molecule has 0 saturated carbocycles. The van der Waals surface area contributed by atoms with Gasteiger partial charge < -0.3 is 19.5 Å². The molecule has 4 heteroatoms. The number of nitrogens with zero attached hydrogens (tertiary/aromatic N) is 1. The van der Waals surface area contributed by atoms with E-state index in [1.807, 2.05) is 12.1 Å². The van der Waals surface area contributed by atoms with Crippen LogP contribution in [-0.4, -0.2) is 55.6 Å². The highest BCUT2D eigenvalue weighted by atomic mass is 16.5. The Kier molecular flexibility index (Phi) is 8.20. The fourth-order valence-corrected chi connectivity index (χ4v) is 3.68. The van der Waals surface area contributed by atoms with Crippen molar-refractivity contribution < 1.29 is 14.6 Å². The largest absolute Gasteiger partial charge is 0.491 e. The molecule has 0 bridgehead atoms. The van der Waals surface area contributed by atoms with E-state index in [0.717, 1.165) is 18.8 Å². The molecule has 1 fully saturated rings. The van der Waals surface area contributed by atoms with Gasteiger partial charge in [0, 0.05) is 19.6 Å². The summed E-state index contributed by atoms with van der Waals surface area (Å²) < 4.78 is 11.3. The minimum Gasteiger partial charge on any atom is -0.491 e. The molecule has 1 aromatic carbocycles. The van der Waals surface area contributed by atoms with Crippen LogP contribution in [0.15, 0.2) is 24.3 Å². The standard InChI is InChI=1S/C21H35NO3/c1-16(2)19-5-7-21(8-6-19)25-10-9-24-15-20(23)14-22-12-17(3)11-18(4)13-22/h5-8,16-18,20,23H,9-15H2,1-4H3. The van der Waals surface area contributed by atoms with Gasteiger partial charge in [0.1, 0.15) is 12.4 Å². The minimum absolute atomic E-state index is 0.370.